The highest BCUT2D eigenvalue weighted by Crippen LogP contribution is 2.20. The Morgan fingerprint density at radius 1 is 1.12 bits per heavy atom. The van der Waals surface area contributed by atoms with E-state index in [-0.39, 0.29) is 18.4 Å². The van der Waals surface area contributed by atoms with E-state index in [1.165, 1.54) is 0 Å². The molecule has 0 atom stereocenters. The van der Waals surface area contributed by atoms with Crippen molar-refractivity contribution in [2.75, 3.05) is 26.8 Å². The Hall–Kier alpha value is -2.60. The monoisotopic (exact) mass is 329 g/mol. The highest BCUT2D eigenvalue weighted by atomic mass is 16.5. The van der Waals surface area contributed by atoms with Gasteiger partial charge in [0.1, 0.15) is 0 Å². The zero-order chi connectivity index (χ0) is 17.5. The number of hydrogen-bond donors (Lipinski definition) is 2. The molecule has 2 aromatic rings. The first kappa shape index (κ1) is 17.7. The van der Waals surface area contributed by atoms with Gasteiger partial charge in [0, 0.05) is 30.7 Å². The zero-order valence-corrected chi connectivity index (χ0v) is 14.3. The molecule has 2 N–H and O–H groups in total. The summed E-state index contributed by atoms with van der Waals surface area (Å²) in [6.45, 7) is 4.66. The lowest BCUT2D eigenvalue weighted by atomic mass is 10.2. The summed E-state index contributed by atoms with van der Waals surface area (Å²) in [5.74, 6) is -0.496. The number of hydrogen-bond acceptors (Lipinski definition) is 3. The Kier molecular flexibility index (Phi) is 6.14. The molecule has 0 aliphatic heterocycles. The smallest absolute Gasteiger partial charge is 0.253 e. The van der Waals surface area contributed by atoms with Gasteiger partial charge in [0.15, 0.2) is 0 Å². The Balaban J connectivity index is 2.05. The second-order valence-corrected chi connectivity index (χ2v) is 5.48. The molecule has 6 heteroatoms. The topological polar surface area (TPSA) is 72.4 Å². The molecule has 0 bridgehead atoms. The third-order valence-corrected chi connectivity index (χ3v) is 3.73. The number of rotatable bonds is 7. The van der Waals surface area contributed by atoms with Gasteiger partial charge in [0.25, 0.3) is 5.91 Å². The van der Waals surface area contributed by atoms with E-state index >= 15 is 0 Å². The average molecular weight is 329 g/mol. The van der Waals surface area contributed by atoms with Gasteiger partial charge in [-0.1, -0.05) is 18.2 Å². The summed E-state index contributed by atoms with van der Waals surface area (Å²) < 4.78 is 6.88. The summed E-state index contributed by atoms with van der Waals surface area (Å²) in [6, 6.07) is 11.7. The molecule has 0 fully saturated rings. The molecule has 0 radical (unpaired) electrons. The van der Waals surface area contributed by atoms with Crippen LogP contribution in [0.25, 0.3) is 5.69 Å². The van der Waals surface area contributed by atoms with E-state index in [0.717, 1.165) is 17.1 Å². The standard InChI is InChI=1S/C18H23N3O3/c1-13-11-16(14(2)21(13)15-7-5-4-6-8-15)18(23)20-12-17(22)19-9-10-24-3/h4-8,11H,9-10,12H2,1-3H3,(H,19,22)(H,20,23). The first-order valence-electron chi connectivity index (χ1n) is 7.82. The van der Waals surface area contributed by atoms with Gasteiger partial charge in [-0.25, -0.2) is 0 Å². The molecule has 1 heterocycles. The molecule has 0 spiro atoms. The van der Waals surface area contributed by atoms with Crippen molar-refractivity contribution in [3.63, 3.8) is 0 Å². The largest absolute Gasteiger partial charge is 0.383 e. The number of ether oxygens (including phenoxy) is 1. The lowest BCUT2D eigenvalue weighted by Gasteiger charge is -2.10. The van der Waals surface area contributed by atoms with Crippen molar-refractivity contribution in [2.45, 2.75) is 13.8 Å². The number of amides is 2. The van der Waals surface area contributed by atoms with Crippen LogP contribution in [0.15, 0.2) is 36.4 Å². The molecule has 0 unspecified atom stereocenters. The maximum absolute atomic E-state index is 12.4. The van der Waals surface area contributed by atoms with Crippen LogP contribution in [0.5, 0.6) is 0 Å². The molecule has 1 aromatic carbocycles. The lowest BCUT2D eigenvalue weighted by Crippen LogP contribution is -2.38. The number of aryl methyl sites for hydroxylation is 1. The molecule has 2 rings (SSSR count). The first-order valence-corrected chi connectivity index (χ1v) is 7.82. The number of carbonyl (C=O) groups excluding carboxylic acids is 2. The third kappa shape index (κ3) is 4.23. The lowest BCUT2D eigenvalue weighted by molar-refractivity contribution is -0.120. The SMILES string of the molecule is COCCNC(=O)CNC(=O)c1cc(C)n(-c2ccccc2)c1C. The fraction of sp³-hybridized carbons (Fsp3) is 0.333. The molecule has 6 nitrogen and oxygen atoms in total. The average Bonchev–Trinajstić information content (AvgIpc) is 2.88. The normalized spacial score (nSPS) is 10.5. The van der Waals surface area contributed by atoms with E-state index in [9.17, 15) is 9.59 Å². The van der Waals surface area contributed by atoms with E-state index in [4.69, 9.17) is 4.74 Å². The van der Waals surface area contributed by atoms with Crippen LogP contribution in [-0.4, -0.2) is 43.2 Å². The number of nitrogens with one attached hydrogen (secondary N) is 2. The predicted octanol–water partition coefficient (Wildman–Crippen LogP) is 1.59. The van der Waals surface area contributed by atoms with Crippen LogP contribution >= 0.6 is 0 Å². The molecule has 0 aliphatic rings. The van der Waals surface area contributed by atoms with Gasteiger partial charge in [-0.05, 0) is 32.0 Å². The summed E-state index contributed by atoms with van der Waals surface area (Å²) in [5.41, 5.74) is 3.38. The summed E-state index contributed by atoms with van der Waals surface area (Å²) in [5, 5.41) is 5.32. The molecule has 0 aliphatic carbocycles. The minimum Gasteiger partial charge on any atom is -0.383 e. The van der Waals surface area contributed by atoms with Crippen LogP contribution in [0.1, 0.15) is 21.7 Å². The summed E-state index contributed by atoms with van der Waals surface area (Å²) in [4.78, 5) is 24.0. The Labute approximate surface area is 141 Å². The minimum absolute atomic E-state index is 0.0580. The predicted molar refractivity (Wildman–Crippen MR) is 92.5 cm³/mol. The third-order valence-electron chi connectivity index (χ3n) is 3.73. The number of methoxy groups -OCH3 is 1. The molecule has 24 heavy (non-hydrogen) atoms. The van der Waals surface area contributed by atoms with Gasteiger partial charge in [0.05, 0.1) is 18.7 Å². The summed E-state index contributed by atoms with van der Waals surface area (Å²) in [6.07, 6.45) is 0. The Morgan fingerprint density at radius 3 is 2.50 bits per heavy atom. The number of carbonyl (C=O) groups is 2. The van der Waals surface area contributed by atoms with Gasteiger partial charge >= 0.3 is 0 Å². The molecular formula is C18H23N3O3. The summed E-state index contributed by atoms with van der Waals surface area (Å²) in [7, 11) is 1.57. The number of nitrogens with zero attached hydrogens (tertiary/aromatic N) is 1. The van der Waals surface area contributed by atoms with Crippen LogP contribution < -0.4 is 10.6 Å². The second kappa shape index (κ2) is 8.31. The van der Waals surface area contributed by atoms with E-state index in [0.29, 0.717) is 18.7 Å². The van der Waals surface area contributed by atoms with E-state index < -0.39 is 0 Å². The maximum Gasteiger partial charge on any atom is 0.253 e. The van der Waals surface area contributed by atoms with Gasteiger partial charge < -0.3 is 19.9 Å². The van der Waals surface area contributed by atoms with Gasteiger partial charge in [0.2, 0.25) is 5.91 Å². The van der Waals surface area contributed by atoms with Crippen molar-refractivity contribution in [1.82, 2.24) is 15.2 Å². The molecule has 0 saturated heterocycles. The highest BCUT2D eigenvalue weighted by Gasteiger charge is 2.17. The van der Waals surface area contributed by atoms with Crippen LogP contribution in [-0.2, 0) is 9.53 Å². The maximum atomic E-state index is 12.4. The number of aromatic nitrogens is 1. The van der Waals surface area contributed by atoms with E-state index in [1.807, 2.05) is 54.8 Å². The number of benzene rings is 1. The van der Waals surface area contributed by atoms with Gasteiger partial charge in [-0.3, -0.25) is 9.59 Å². The van der Waals surface area contributed by atoms with Gasteiger partial charge in [-0.2, -0.15) is 0 Å². The molecular weight excluding hydrogens is 306 g/mol. The Morgan fingerprint density at radius 2 is 1.83 bits per heavy atom. The fourth-order valence-corrected chi connectivity index (χ4v) is 2.58. The first-order chi connectivity index (χ1) is 11.5. The summed E-state index contributed by atoms with van der Waals surface area (Å²) >= 11 is 0. The van der Waals surface area contributed by atoms with Crippen LogP contribution in [0, 0.1) is 13.8 Å². The van der Waals surface area contributed by atoms with Crippen molar-refractivity contribution in [3.05, 3.63) is 53.3 Å². The van der Waals surface area contributed by atoms with Crippen LogP contribution in [0.2, 0.25) is 0 Å². The molecule has 1 aromatic heterocycles. The second-order valence-electron chi connectivity index (χ2n) is 5.48. The molecule has 2 amide bonds. The van der Waals surface area contributed by atoms with E-state index in [2.05, 4.69) is 10.6 Å². The van der Waals surface area contributed by atoms with Gasteiger partial charge in [-0.15, -0.1) is 0 Å². The minimum atomic E-state index is -0.257. The van der Waals surface area contributed by atoms with Crippen molar-refractivity contribution in [3.8, 4) is 5.69 Å². The van der Waals surface area contributed by atoms with Crippen LogP contribution in [0.3, 0.4) is 0 Å². The van der Waals surface area contributed by atoms with Crippen molar-refractivity contribution < 1.29 is 14.3 Å². The van der Waals surface area contributed by atoms with E-state index in [1.54, 1.807) is 7.11 Å². The van der Waals surface area contributed by atoms with Crippen LogP contribution in [0.4, 0.5) is 0 Å². The Bertz CT molecular complexity index is 708. The fourth-order valence-electron chi connectivity index (χ4n) is 2.58. The molecule has 0 saturated carbocycles. The quantitative estimate of drug-likeness (QED) is 0.758. The van der Waals surface area contributed by atoms with Crippen molar-refractivity contribution in [2.24, 2.45) is 0 Å². The number of para-hydroxylation sites is 1. The van der Waals surface area contributed by atoms with Crippen molar-refractivity contribution in [1.29, 1.82) is 0 Å². The van der Waals surface area contributed by atoms with Crippen molar-refractivity contribution >= 4 is 11.8 Å². The molecule has 128 valence electrons. The highest BCUT2D eigenvalue weighted by molar-refractivity contribution is 5.97. The zero-order valence-electron chi connectivity index (χ0n) is 14.3.